The van der Waals surface area contributed by atoms with E-state index in [9.17, 15) is 13.2 Å². The molecule has 3 aromatic rings. The Balaban J connectivity index is 1.52. The van der Waals surface area contributed by atoms with Crippen molar-refractivity contribution in [2.24, 2.45) is 18.0 Å². The number of carbonyl (C=O) groups is 1. The largest absolute Gasteiger partial charge is 0.319 e. The molecule has 9 heteroatoms. The Morgan fingerprint density at radius 1 is 1.06 bits per heavy atom. The molecule has 1 fully saturated rings. The summed E-state index contributed by atoms with van der Waals surface area (Å²) < 4.78 is 30.2. The molecule has 1 aliphatic rings. The van der Waals surface area contributed by atoms with E-state index < -0.39 is 10.0 Å². The SMILES string of the molecule is Cc1ccc(C)c2c1sc(=NC(=O)C1CCN(S(=O)(=O)c3ccc(Cl)cc3)CC1)n2C. The van der Waals surface area contributed by atoms with Crippen LogP contribution in [0.2, 0.25) is 5.02 Å². The van der Waals surface area contributed by atoms with Gasteiger partial charge in [0.2, 0.25) is 10.0 Å². The molecule has 0 N–H and O–H groups in total. The molecule has 164 valence electrons. The van der Waals surface area contributed by atoms with E-state index in [1.54, 1.807) is 12.1 Å². The maximum Gasteiger partial charge on any atom is 0.251 e. The van der Waals surface area contributed by atoms with Crippen molar-refractivity contribution in [1.29, 1.82) is 0 Å². The van der Waals surface area contributed by atoms with E-state index in [-0.39, 0.29) is 16.7 Å². The van der Waals surface area contributed by atoms with Crippen LogP contribution in [0.4, 0.5) is 0 Å². The lowest BCUT2D eigenvalue weighted by molar-refractivity contribution is -0.122. The van der Waals surface area contributed by atoms with Gasteiger partial charge in [0.15, 0.2) is 4.80 Å². The molecule has 4 rings (SSSR count). The van der Waals surface area contributed by atoms with Gasteiger partial charge in [-0.05, 0) is 62.1 Å². The number of thiazole rings is 1. The number of halogens is 1. The van der Waals surface area contributed by atoms with Crippen molar-refractivity contribution in [3.63, 3.8) is 0 Å². The van der Waals surface area contributed by atoms with Crippen LogP contribution in [0.3, 0.4) is 0 Å². The fourth-order valence-electron chi connectivity index (χ4n) is 3.95. The quantitative estimate of drug-likeness (QED) is 0.571. The second-order valence-electron chi connectivity index (χ2n) is 7.90. The standard InChI is InChI=1S/C22H24ClN3O3S2/c1-14-4-5-15(2)20-19(14)25(3)22(30-20)24-21(27)16-10-12-26(13-11-16)31(28,29)18-8-6-17(23)7-9-18/h4-9,16H,10-13H2,1-3H3. The van der Waals surface area contributed by atoms with E-state index in [2.05, 4.69) is 31.0 Å². The molecule has 6 nitrogen and oxygen atoms in total. The number of carbonyl (C=O) groups excluding carboxylic acids is 1. The number of sulfonamides is 1. The molecule has 0 aliphatic carbocycles. The topological polar surface area (TPSA) is 71.7 Å². The Morgan fingerprint density at radius 3 is 2.29 bits per heavy atom. The fraction of sp³-hybridized carbons (Fsp3) is 0.364. The van der Waals surface area contributed by atoms with E-state index in [0.29, 0.717) is 35.8 Å². The number of aromatic nitrogens is 1. The maximum absolute atomic E-state index is 12.9. The van der Waals surface area contributed by atoms with E-state index in [4.69, 9.17) is 11.6 Å². The Hall–Kier alpha value is -2.00. The first-order chi connectivity index (χ1) is 14.7. The van der Waals surface area contributed by atoms with Crippen LogP contribution in [-0.2, 0) is 21.9 Å². The number of hydrogen-bond donors (Lipinski definition) is 0. The van der Waals surface area contributed by atoms with Crippen LogP contribution >= 0.6 is 22.9 Å². The van der Waals surface area contributed by atoms with Gasteiger partial charge in [-0.15, -0.1) is 0 Å². The molecule has 0 unspecified atom stereocenters. The highest BCUT2D eigenvalue weighted by Crippen LogP contribution is 2.26. The summed E-state index contributed by atoms with van der Waals surface area (Å²) >= 11 is 7.38. The highest BCUT2D eigenvalue weighted by atomic mass is 35.5. The zero-order chi connectivity index (χ0) is 22.3. The molecule has 2 heterocycles. The maximum atomic E-state index is 12.9. The van der Waals surface area contributed by atoms with Crippen LogP contribution < -0.4 is 4.80 Å². The first-order valence-corrected chi connectivity index (χ1v) is 12.7. The van der Waals surface area contributed by atoms with Crippen molar-refractivity contribution in [3.05, 3.63) is 57.3 Å². The summed E-state index contributed by atoms with van der Waals surface area (Å²) in [7, 11) is -1.66. The zero-order valence-corrected chi connectivity index (χ0v) is 20.0. The van der Waals surface area contributed by atoms with Crippen molar-refractivity contribution in [1.82, 2.24) is 8.87 Å². The molecular formula is C22H24ClN3O3S2. The summed E-state index contributed by atoms with van der Waals surface area (Å²) in [4.78, 5) is 18.2. The predicted molar refractivity (Wildman–Crippen MR) is 124 cm³/mol. The van der Waals surface area contributed by atoms with Crippen LogP contribution in [0.1, 0.15) is 24.0 Å². The minimum Gasteiger partial charge on any atom is -0.319 e. The van der Waals surface area contributed by atoms with Crippen LogP contribution in [0.15, 0.2) is 46.3 Å². The summed E-state index contributed by atoms with van der Waals surface area (Å²) in [5.74, 6) is -0.454. The van der Waals surface area contributed by atoms with Gasteiger partial charge >= 0.3 is 0 Å². The summed E-state index contributed by atoms with van der Waals surface area (Å²) in [6.45, 7) is 4.71. The van der Waals surface area contributed by atoms with E-state index >= 15 is 0 Å². The molecule has 1 saturated heterocycles. The molecule has 1 amide bonds. The molecule has 1 aliphatic heterocycles. The first-order valence-electron chi connectivity index (χ1n) is 10.1. The smallest absolute Gasteiger partial charge is 0.251 e. The normalized spacial score (nSPS) is 16.8. The van der Waals surface area contributed by atoms with Crippen LogP contribution in [0.25, 0.3) is 10.2 Å². The van der Waals surface area contributed by atoms with E-state index in [1.165, 1.54) is 27.8 Å². The Bertz CT molecular complexity index is 1320. The third-order valence-corrected chi connectivity index (χ3v) is 9.24. The lowest BCUT2D eigenvalue weighted by Gasteiger charge is -2.29. The third kappa shape index (κ3) is 4.22. The average molecular weight is 478 g/mol. The van der Waals surface area contributed by atoms with Gasteiger partial charge in [0, 0.05) is 31.1 Å². The first kappa shape index (κ1) is 22.2. The molecule has 31 heavy (non-hydrogen) atoms. The molecule has 2 aromatic carbocycles. The minimum atomic E-state index is -3.59. The molecule has 0 bridgehead atoms. The van der Waals surface area contributed by atoms with Crippen LogP contribution in [0, 0.1) is 19.8 Å². The number of hydrogen-bond acceptors (Lipinski definition) is 4. The lowest BCUT2D eigenvalue weighted by atomic mass is 9.98. The molecule has 0 radical (unpaired) electrons. The highest BCUT2D eigenvalue weighted by Gasteiger charge is 2.32. The summed E-state index contributed by atoms with van der Waals surface area (Å²) in [5.41, 5.74) is 3.41. The summed E-state index contributed by atoms with van der Waals surface area (Å²) in [5, 5.41) is 0.490. The Kier molecular flexibility index (Phi) is 6.09. The number of piperidine rings is 1. The molecular weight excluding hydrogens is 454 g/mol. The second kappa shape index (κ2) is 8.50. The Labute approximate surface area is 190 Å². The van der Waals surface area contributed by atoms with Gasteiger partial charge in [0.25, 0.3) is 5.91 Å². The van der Waals surface area contributed by atoms with Crippen molar-refractivity contribution >= 4 is 49.1 Å². The monoisotopic (exact) mass is 477 g/mol. The average Bonchev–Trinajstić information content (AvgIpc) is 3.08. The minimum absolute atomic E-state index is 0.180. The van der Waals surface area contributed by atoms with E-state index in [1.807, 2.05) is 11.6 Å². The summed E-state index contributed by atoms with van der Waals surface area (Å²) in [6, 6.07) is 10.3. The number of rotatable bonds is 3. The number of amides is 1. The van der Waals surface area contributed by atoms with Gasteiger partial charge in [0.05, 0.1) is 15.1 Å². The molecule has 0 spiro atoms. The van der Waals surface area contributed by atoms with Gasteiger partial charge in [-0.25, -0.2) is 8.42 Å². The molecule has 0 saturated carbocycles. The number of nitrogens with zero attached hydrogens (tertiary/aromatic N) is 3. The highest BCUT2D eigenvalue weighted by molar-refractivity contribution is 7.89. The fourth-order valence-corrected chi connectivity index (χ4v) is 6.72. The van der Waals surface area contributed by atoms with E-state index in [0.717, 1.165) is 21.3 Å². The van der Waals surface area contributed by atoms with Crippen molar-refractivity contribution in [3.8, 4) is 0 Å². The lowest BCUT2D eigenvalue weighted by Crippen LogP contribution is -2.40. The van der Waals surface area contributed by atoms with Gasteiger partial charge < -0.3 is 4.57 Å². The molecule has 1 aromatic heterocycles. The van der Waals surface area contributed by atoms with Gasteiger partial charge in [-0.2, -0.15) is 9.30 Å². The number of aryl methyl sites for hydroxylation is 3. The Morgan fingerprint density at radius 2 is 1.68 bits per heavy atom. The van der Waals surface area contributed by atoms with Crippen molar-refractivity contribution < 1.29 is 13.2 Å². The number of fused-ring (bicyclic) bond motifs is 1. The third-order valence-electron chi connectivity index (χ3n) is 5.81. The number of benzene rings is 2. The van der Waals surface area contributed by atoms with Crippen molar-refractivity contribution in [2.75, 3.05) is 13.1 Å². The summed E-state index contributed by atoms with van der Waals surface area (Å²) in [6.07, 6.45) is 0.920. The second-order valence-corrected chi connectivity index (χ2v) is 11.3. The zero-order valence-electron chi connectivity index (χ0n) is 17.6. The molecule has 0 atom stereocenters. The van der Waals surface area contributed by atoms with Crippen molar-refractivity contribution in [2.45, 2.75) is 31.6 Å². The van der Waals surface area contributed by atoms with Gasteiger partial charge in [-0.3, -0.25) is 4.79 Å². The predicted octanol–water partition coefficient (Wildman–Crippen LogP) is 4.04. The van der Waals surface area contributed by atoms with Gasteiger partial charge in [-0.1, -0.05) is 35.1 Å². The van der Waals surface area contributed by atoms with Crippen LogP contribution in [-0.4, -0.2) is 36.3 Å². The van der Waals surface area contributed by atoms with Crippen LogP contribution in [0.5, 0.6) is 0 Å². The van der Waals surface area contributed by atoms with Gasteiger partial charge in [0.1, 0.15) is 0 Å².